The Balaban J connectivity index is 1.69. The molecule has 34 heavy (non-hydrogen) atoms. The minimum absolute atomic E-state index is 0.193. The fourth-order valence-electron chi connectivity index (χ4n) is 4.17. The highest BCUT2D eigenvalue weighted by atomic mass is 32.2. The van der Waals surface area contributed by atoms with Crippen LogP contribution in [0.3, 0.4) is 0 Å². The first kappa shape index (κ1) is 25.9. The van der Waals surface area contributed by atoms with Gasteiger partial charge in [0.2, 0.25) is 11.8 Å². The van der Waals surface area contributed by atoms with E-state index in [0.717, 1.165) is 12.8 Å². The van der Waals surface area contributed by atoms with E-state index in [4.69, 9.17) is 4.52 Å². The summed E-state index contributed by atoms with van der Waals surface area (Å²) in [7, 11) is 0. The van der Waals surface area contributed by atoms with E-state index in [1.54, 1.807) is 24.3 Å². The first-order valence-electron chi connectivity index (χ1n) is 12.0. The highest BCUT2D eigenvalue weighted by Crippen LogP contribution is 2.28. The number of hydrogen-bond donors (Lipinski definition) is 2. The summed E-state index contributed by atoms with van der Waals surface area (Å²) in [5, 5.41) is 10.3. The topological polar surface area (TPSA) is 114 Å². The van der Waals surface area contributed by atoms with Crippen molar-refractivity contribution in [2.75, 3.05) is 0 Å². The van der Waals surface area contributed by atoms with Crippen molar-refractivity contribution in [3.63, 3.8) is 0 Å². The second kappa shape index (κ2) is 12.1. The molecule has 1 heterocycles. The maximum absolute atomic E-state index is 13.2. The van der Waals surface area contributed by atoms with Crippen LogP contribution in [0.15, 0.2) is 40.1 Å². The summed E-state index contributed by atoms with van der Waals surface area (Å²) in [5.41, 5.74) is 0.549. The molecule has 0 radical (unpaired) electrons. The number of thioether (sulfide) groups is 1. The number of nitrogens with zero attached hydrogens (tertiary/aromatic N) is 2. The zero-order valence-corrected chi connectivity index (χ0v) is 21.1. The Hall–Kier alpha value is -2.68. The highest BCUT2D eigenvalue weighted by Gasteiger charge is 2.35. The molecule has 1 aliphatic rings. The molecule has 1 fully saturated rings. The second-order valence-corrected chi connectivity index (χ2v) is 11.0. The number of aromatic nitrogens is 2. The summed E-state index contributed by atoms with van der Waals surface area (Å²) in [6.45, 7) is 8.04. The van der Waals surface area contributed by atoms with E-state index in [9.17, 15) is 14.4 Å². The third-order valence-corrected chi connectivity index (χ3v) is 6.64. The molecule has 0 saturated heterocycles. The van der Waals surface area contributed by atoms with Gasteiger partial charge in [0.05, 0.1) is 5.92 Å². The predicted octanol–water partition coefficient (Wildman–Crippen LogP) is 4.33. The number of hydrogen-bond acceptors (Lipinski definition) is 7. The van der Waals surface area contributed by atoms with E-state index in [2.05, 4.69) is 20.8 Å². The maximum Gasteiger partial charge on any atom is 0.285 e. The average molecular weight is 487 g/mol. The summed E-state index contributed by atoms with van der Waals surface area (Å²) in [6, 6.07) is 8.61. The van der Waals surface area contributed by atoms with Crippen molar-refractivity contribution in [1.29, 1.82) is 0 Å². The molecular formula is C25H34N4O4S. The van der Waals surface area contributed by atoms with Crippen LogP contribution in [0, 0.1) is 11.8 Å². The third kappa shape index (κ3) is 7.16. The van der Waals surface area contributed by atoms with Crippen molar-refractivity contribution in [3.05, 3.63) is 41.7 Å². The monoisotopic (exact) mass is 486 g/mol. The van der Waals surface area contributed by atoms with E-state index in [1.165, 1.54) is 11.8 Å². The lowest BCUT2D eigenvalue weighted by Crippen LogP contribution is -2.50. The van der Waals surface area contributed by atoms with Gasteiger partial charge in [0.1, 0.15) is 5.92 Å². The van der Waals surface area contributed by atoms with Crippen molar-refractivity contribution < 1.29 is 18.9 Å². The van der Waals surface area contributed by atoms with Crippen LogP contribution in [0.5, 0.6) is 0 Å². The van der Waals surface area contributed by atoms with Gasteiger partial charge in [-0.2, -0.15) is 4.98 Å². The van der Waals surface area contributed by atoms with Crippen LogP contribution in [0.25, 0.3) is 0 Å². The Bertz CT molecular complexity index is 976. The zero-order valence-electron chi connectivity index (χ0n) is 20.2. The number of carbonyl (C=O) groups is 3. The van der Waals surface area contributed by atoms with Gasteiger partial charge in [-0.3, -0.25) is 19.7 Å². The number of amides is 3. The molecule has 3 atom stereocenters. The summed E-state index contributed by atoms with van der Waals surface area (Å²) in [5.74, 6) is -1.68. The minimum Gasteiger partial charge on any atom is -0.349 e. The number of carbonyl (C=O) groups excluding carboxylic acids is 3. The lowest BCUT2D eigenvalue weighted by Gasteiger charge is -2.31. The zero-order chi connectivity index (χ0) is 24.7. The molecule has 1 unspecified atom stereocenters. The molecule has 1 aromatic heterocycles. The van der Waals surface area contributed by atoms with Crippen LogP contribution in [-0.2, 0) is 9.59 Å². The molecule has 1 aliphatic carbocycles. The number of benzene rings is 1. The molecule has 2 aromatic rings. The molecule has 2 N–H and O–H groups in total. The van der Waals surface area contributed by atoms with Gasteiger partial charge in [0.25, 0.3) is 11.1 Å². The van der Waals surface area contributed by atoms with Gasteiger partial charge >= 0.3 is 0 Å². The first-order valence-corrected chi connectivity index (χ1v) is 12.8. The Kier molecular flexibility index (Phi) is 9.27. The normalized spacial score (nSPS) is 19.1. The van der Waals surface area contributed by atoms with E-state index in [0.29, 0.717) is 35.9 Å². The lowest BCUT2D eigenvalue weighted by atomic mass is 9.83. The Labute approximate surface area is 205 Å². The van der Waals surface area contributed by atoms with Gasteiger partial charge in [-0.05, 0) is 37.3 Å². The van der Waals surface area contributed by atoms with Gasteiger partial charge in [0.15, 0.2) is 5.82 Å². The molecule has 1 saturated carbocycles. The van der Waals surface area contributed by atoms with Gasteiger partial charge in [0, 0.05) is 16.9 Å². The molecule has 0 bridgehead atoms. The van der Waals surface area contributed by atoms with E-state index < -0.39 is 17.7 Å². The molecule has 3 amide bonds. The Morgan fingerprint density at radius 2 is 1.79 bits per heavy atom. The van der Waals surface area contributed by atoms with Crippen molar-refractivity contribution >= 4 is 29.5 Å². The summed E-state index contributed by atoms with van der Waals surface area (Å²) in [4.78, 5) is 43.4. The SMILES string of the molecule is CC(C)CC(C(=O)NC(=O)[C@@H]1CCCC[C@@H]1NC(=O)c1ccccc1)c1noc(SC(C)C)n1. The molecule has 184 valence electrons. The smallest absolute Gasteiger partial charge is 0.285 e. The molecule has 8 nitrogen and oxygen atoms in total. The van der Waals surface area contributed by atoms with Crippen molar-refractivity contribution in [2.24, 2.45) is 11.8 Å². The maximum atomic E-state index is 13.2. The molecule has 1 aromatic carbocycles. The number of rotatable bonds is 9. The van der Waals surface area contributed by atoms with Gasteiger partial charge in [-0.25, -0.2) is 0 Å². The largest absolute Gasteiger partial charge is 0.349 e. The van der Waals surface area contributed by atoms with Gasteiger partial charge in [-0.1, -0.05) is 75.7 Å². The quantitative estimate of drug-likeness (QED) is 0.507. The summed E-state index contributed by atoms with van der Waals surface area (Å²) < 4.78 is 5.30. The molecule has 3 rings (SSSR count). The second-order valence-electron chi connectivity index (χ2n) is 9.46. The summed E-state index contributed by atoms with van der Waals surface area (Å²) >= 11 is 1.43. The predicted molar refractivity (Wildman–Crippen MR) is 130 cm³/mol. The standard InChI is InChI=1S/C25H34N4O4S/c1-15(2)14-19(21-27-25(33-29-21)34-16(3)4)24(32)28-23(31)18-12-8-9-13-20(18)26-22(30)17-10-6-5-7-11-17/h5-7,10-11,15-16,18-20H,8-9,12-14H2,1-4H3,(H,26,30)(H,28,31,32)/t18-,19?,20+/m1/s1. The van der Waals surface area contributed by atoms with Crippen LogP contribution in [0.4, 0.5) is 0 Å². The number of nitrogens with one attached hydrogen (secondary N) is 2. The van der Waals surface area contributed by atoms with Crippen LogP contribution in [-0.4, -0.2) is 39.2 Å². The minimum atomic E-state index is -0.685. The first-order chi connectivity index (χ1) is 16.2. The fourth-order valence-corrected chi connectivity index (χ4v) is 4.80. The van der Waals surface area contributed by atoms with Crippen molar-refractivity contribution in [2.45, 2.75) is 82.2 Å². The Morgan fingerprint density at radius 3 is 2.47 bits per heavy atom. The van der Waals surface area contributed by atoms with Crippen LogP contribution < -0.4 is 10.6 Å². The third-order valence-electron chi connectivity index (χ3n) is 5.80. The average Bonchev–Trinajstić information content (AvgIpc) is 3.25. The van der Waals surface area contributed by atoms with E-state index in [-0.39, 0.29) is 29.0 Å². The van der Waals surface area contributed by atoms with Gasteiger partial charge < -0.3 is 9.84 Å². The van der Waals surface area contributed by atoms with Crippen LogP contribution in [0.2, 0.25) is 0 Å². The van der Waals surface area contributed by atoms with Crippen LogP contribution in [0.1, 0.15) is 81.9 Å². The molecule has 0 spiro atoms. The number of imide groups is 1. The van der Waals surface area contributed by atoms with E-state index >= 15 is 0 Å². The van der Waals surface area contributed by atoms with Crippen LogP contribution >= 0.6 is 11.8 Å². The Morgan fingerprint density at radius 1 is 1.09 bits per heavy atom. The van der Waals surface area contributed by atoms with Crippen molar-refractivity contribution in [1.82, 2.24) is 20.8 Å². The molecular weight excluding hydrogens is 452 g/mol. The van der Waals surface area contributed by atoms with Gasteiger partial charge in [-0.15, -0.1) is 0 Å². The lowest BCUT2D eigenvalue weighted by molar-refractivity contribution is -0.134. The van der Waals surface area contributed by atoms with Crippen molar-refractivity contribution in [3.8, 4) is 0 Å². The molecule has 9 heteroatoms. The fraction of sp³-hybridized carbons (Fsp3) is 0.560. The summed E-state index contributed by atoms with van der Waals surface area (Å²) in [6.07, 6.45) is 3.60. The molecule has 0 aliphatic heterocycles. The highest BCUT2D eigenvalue weighted by molar-refractivity contribution is 7.99. The van der Waals surface area contributed by atoms with E-state index in [1.807, 2.05) is 33.8 Å².